The van der Waals surface area contributed by atoms with Crippen LogP contribution in [0.2, 0.25) is 0 Å². The van der Waals surface area contributed by atoms with Gasteiger partial charge in [-0.2, -0.15) is 0 Å². The topological polar surface area (TPSA) is 56.7 Å². The Morgan fingerprint density at radius 3 is 2.60 bits per heavy atom. The Balaban J connectivity index is 2.06. The van der Waals surface area contributed by atoms with E-state index in [1.54, 1.807) is 0 Å². The third kappa shape index (κ3) is 2.25. The molecule has 0 aliphatic heterocycles. The zero-order chi connectivity index (χ0) is 14.1. The summed E-state index contributed by atoms with van der Waals surface area (Å²) < 4.78 is 2.20. The molecule has 102 valence electrons. The van der Waals surface area contributed by atoms with Gasteiger partial charge in [0.15, 0.2) is 5.65 Å². The zero-order valence-electron chi connectivity index (χ0n) is 11.7. The van der Waals surface area contributed by atoms with Gasteiger partial charge in [0.05, 0.1) is 0 Å². The summed E-state index contributed by atoms with van der Waals surface area (Å²) in [6.45, 7) is 4.31. The molecule has 0 bridgehead atoms. The van der Waals surface area contributed by atoms with Crippen LogP contribution in [-0.4, -0.2) is 14.5 Å². The molecular formula is C16H18N4. The van der Waals surface area contributed by atoms with Crippen molar-refractivity contribution >= 4 is 16.9 Å². The van der Waals surface area contributed by atoms with Crippen molar-refractivity contribution in [1.29, 1.82) is 0 Å². The molecule has 0 saturated heterocycles. The summed E-state index contributed by atoms with van der Waals surface area (Å²) in [5.74, 6) is 1.04. The minimum absolute atomic E-state index is 0.332. The number of nitrogen functional groups attached to an aromatic ring is 1. The van der Waals surface area contributed by atoms with E-state index in [1.165, 1.54) is 5.56 Å². The summed E-state index contributed by atoms with van der Waals surface area (Å²) in [5, 5.41) is 0. The highest BCUT2D eigenvalue weighted by Gasteiger charge is 2.14. The lowest BCUT2D eigenvalue weighted by Crippen LogP contribution is -2.07. The van der Waals surface area contributed by atoms with Gasteiger partial charge in [-0.25, -0.2) is 9.97 Å². The van der Waals surface area contributed by atoms with Gasteiger partial charge >= 0.3 is 0 Å². The number of nitrogens with two attached hydrogens (primary N) is 1. The lowest BCUT2D eigenvalue weighted by molar-refractivity contribution is 0.587. The number of imidazole rings is 1. The molecule has 1 aromatic carbocycles. The molecule has 0 unspecified atom stereocenters. The molecule has 0 radical (unpaired) electrons. The maximum atomic E-state index is 5.73. The van der Waals surface area contributed by atoms with Crippen molar-refractivity contribution in [2.45, 2.75) is 26.3 Å². The molecule has 0 atom stereocenters. The predicted octanol–water partition coefficient (Wildman–Crippen LogP) is 3.19. The van der Waals surface area contributed by atoms with E-state index in [2.05, 4.69) is 23.4 Å². The molecule has 0 fully saturated rings. The lowest BCUT2D eigenvalue weighted by atomic mass is 10.1. The molecule has 20 heavy (non-hydrogen) atoms. The molecule has 2 heterocycles. The molecule has 4 nitrogen and oxygen atoms in total. The highest BCUT2D eigenvalue weighted by molar-refractivity contribution is 5.71. The number of anilines is 1. The molecule has 2 aromatic heterocycles. The van der Waals surface area contributed by atoms with Gasteiger partial charge in [-0.05, 0) is 43.7 Å². The van der Waals surface area contributed by atoms with Crippen molar-refractivity contribution in [3.63, 3.8) is 0 Å². The standard InChI is InChI=1S/C16H18N4/c1-11(2)20-15(10-12-5-7-13(17)8-6-12)19-14-4-3-9-18-16(14)20/h3-9,11H,10,17H2,1-2H3. The zero-order valence-corrected chi connectivity index (χ0v) is 11.7. The Kier molecular flexibility index (Phi) is 3.14. The summed E-state index contributed by atoms with van der Waals surface area (Å²) in [4.78, 5) is 9.18. The molecule has 0 saturated carbocycles. The summed E-state index contributed by atoms with van der Waals surface area (Å²) in [5.41, 5.74) is 9.62. The van der Waals surface area contributed by atoms with Gasteiger partial charge in [0, 0.05) is 24.3 Å². The van der Waals surface area contributed by atoms with E-state index in [4.69, 9.17) is 10.7 Å². The first-order chi connectivity index (χ1) is 9.65. The van der Waals surface area contributed by atoms with Gasteiger partial charge in [0.1, 0.15) is 11.3 Å². The van der Waals surface area contributed by atoms with Crippen LogP contribution in [0.5, 0.6) is 0 Å². The third-order valence-corrected chi connectivity index (χ3v) is 3.38. The molecule has 2 N–H and O–H groups in total. The number of pyridine rings is 1. The molecule has 3 rings (SSSR count). The minimum Gasteiger partial charge on any atom is -0.399 e. The van der Waals surface area contributed by atoms with E-state index in [-0.39, 0.29) is 0 Å². The van der Waals surface area contributed by atoms with Crippen LogP contribution in [0.4, 0.5) is 5.69 Å². The molecule has 0 spiro atoms. The van der Waals surface area contributed by atoms with Crippen molar-refractivity contribution in [3.05, 3.63) is 54.0 Å². The highest BCUT2D eigenvalue weighted by Crippen LogP contribution is 2.21. The van der Waals surface area contributed by atoms with Crippen molar-refractivity contribution < 1.29 is 0 Å². The molecule has 0 amide bonds. The SMILES string of the molecule is CC(C)n1c(Cc2ccc(N)cc2)nc2cccnc21. The van der Waals surface area contributed by atoms with Gasteiger partial charge in [0.2, 0.25) is 0 Å². The first-order valence-corrected chi connectivity index (χ1v) is 6.81. The smallest absolute Gasteiger partial charge is 0.160 e. The van der Waals surface area contributed by atoms with Crippen molar-refractivity contribution in [2.75, 3.05) is 5.73 Å². The fourth-order valence-electron chi connectivity index (χ4n) is 2.46. The minimum atomic E-state index is 0.332. The molecule has 4 heteroatoms. The third-order valence-electron chi connectivity index (χ3n) is 3.38. The number of hydrogen-bond acceptors (Lipinski definition) is 3. The Hall–Kier alpha value is -2.36. The average Bonchev–Trinajstić information content (AvgIpc) is 2.79. The van der Waals surface area contributed by atoms with Crippen molar-refractivity contribution in [1.82, 2.24) is 14.5 Å². The van der Waals surface area contributed by atoms with Gasteiger partial charge < -0.3 is 10.3 Å². The van der Waals surface area contributed by atoms with Crippen LogP contribution in [0.1, 0.15) is 31.3 Å². The second-order valence-corrected chi connectivity index (χ2v) is 5.26. The van der Waals surface area contributed by atoms with Crippen LogP contribution in [0.25, 0.3) is 11.2 Å². The number of benzene rings is 1. The Labute approximate surface area is 118 Å². The van der Waals surface area contributed by atoms with E-state index >= 15 is 0 Å². The summed E-state index contributed by atoms with van der Waals surface area (Å²) in [7, 11) is 0. The highest BCUT2D eigenvalue weighted by atomic mass is 15.1. The maximum absolute atomic E-state index is 5.73. The lowest BCUT2D eigenvalue weighted by Gasteiger charge is -2.12. The van der Waals surface area contributed by atoms with Crippen molar-refractivity contribution in [2.24, 2.45) is 0 Å². The Morgan fingerprint density at radius 2 is 1.90 bits per heavy atom. The van der Waals surface area contributed by atoms with Crippen LogP contribution < -0.4 is 5.73 Å². The summed E-state index contributed by atoms with van der Waals surface area (Å²) in [6, 6.07) is 12.2. The molecule has 3 aromatic rings. The molecule has 0 aliphatic rings. The largest absolute Gasteiger partial charge is 0.399 e. The Bertz CT molecular complexity index is 726. The maximum Gasteiger partial charge on any atom is 0.160 e. The van der Waals surface area contributed by atoms with Crippen LogP contribution in [0, 0.1) is 0 Å². The van der Waals surface area contributed by atoms with Gasteiger partial charge in [-0.3, -0.25) is 0 Å². The fourth-order valence-corrected chi connectivity index (χ4v) is 2.46. The van der Waals surface area contributed by atoms with E-state index in [0.29, 0.717) is 6.04 Å². The predicted molar refractivity (Wildman–Crippen MR) is 81.6 cm³/mol. The molecular weight excluding hydrogens is 248 g/mol. The van der Waals surface area contributed by atoms with Crippen LogP contribution >= 0.6 is 0 Å². The van der Waals surface area contributed by atoms with Crippen LogP contribution in [-0.2, 0) is 6.42 Å². The van der Waals surface area contributed by atoms with Gasteiger partial charge in [-0.1, -0.05) is 12.1 Å². The second-order valence-electron chi connectivity index (χ2n) is 5.26. The summed E-state index contributed by atoms with van der Waals surface area (Å²) >= 11 is 0. The number of fused-ring (bicyclic) bond motifs is 1. The number of rotatable bonds is 3. The van der Waals surface area contributed by atoms with Crippen LogP contribution in [0.3, 0.4) is 0 Å². The van der Waals surface area contributed by atoms with E-state index < -0.39 is 0 Å². The first kappa shape index (κ1) is 12.7. The molecule has 0 aliphatic carbocycles. The second kappa shape index (κ2) is 4.96. The number of nitrogens with zero attached hydrogens (tertiary/aromatic N) is 3. The number of hydrogen-bond donors (Lipinski definition) is 1. The van der Waals surface area contributed by atoms with E-state index in [9.17, 15) is 0 Å². The van der Waals surface area contributed by atoms with E-state index in [0.717, 1.165) is 29.1 Å². The monoisotopic (exact) mass is 266 g/mol. The number of aromatic nitrogens is 3. The normalized spacial score (nSPS) is 11.3. The van der Waals surface area contributed by atoms with Crippen molar-refractivity contribution in [3.8, 4) is 0 Å². The van der Waals surface area contributed by atoms with Gasteiger partial charge in [-0.15, -0.1) is 0 Å². The van der Waals surface area contributed by atoms with E-state index in [1.807, 2.05) is 42.6 Å². The fraction of sp³-hybridized carbons (Fsp3) is 0.250. The Morgan fingerprint density at radius 1 is 1.15 bits per heavy atom. The summed E-state index contributed by atoms with van der Waals surface area (Å²) in [6.07, 6.45) is 2.60. The van der Waals surface area contributed by atoms with Crippen LogP contribution in [0.15, 0.2) is 42.6 Å². The average molecular weight is 266 g/mol. The first-order valence-electron chi connectivity index (χ1n) is 6.81. The quantitative estimate of drug-likeness (QED) is 0.741. The van der Waals surface area contributed by atoms with Gasteiger partial charge in [0.25, 0.3) is 0 Å².